The van der Waals surface area contributed by atoms with Gasteiger partial charge in [0.05, 0.1) is 24.0 Å². The molecule has 1 saturated heterocycles. The summed E-state index contributed by atoms with van der Waals surface area (Å²) in [4.78, 5) is 26.2. The number of nitrogens with zero attached hydrogens (tertiary/aromatic N) is 1. The number of carboxylic acids is 1. The molecule has 5 nitrogen and oxygen atoms in total. The summed E-state index contributed by atoms with van der Waals surface area (Å²) in [6.07, 6.45) is -0.625. The highest BCUT2D eigenvalue weighted by Crippen LogP contribution is 2.31. The molecular formula is C17H16FNO4S. The number of carbonyl (C=O) groups excluding carboxylic acids is 1. The van der Waals surface area contributed by atoms with Gasteiger partial charge < -0.3 is 14.7 Å². The first-order valence-electron chi connectivity index (χ1n) is 7.52. The first-order chi connectivity index (χ1) is 11.5. The highest BCUT2D eigenvalue weighted by molar-refractivity contribution is 7.17. The number of halogens is 1. The molecule has 0 saturated carbocycles. The summed E-state index contributed by atoms with van der Waals surface area (Å²) in [6.45, 7) is 0.981. The number of amides is 1. The Kier molecular flexibility index (Phi) is 4.92. The van der Waals surface area contributed by atoms with Gasteiger partial charge in [0.25, 0.3) is 5.91 Å². The van der Waals surface area contributed by atoms with Crippen molar-refractivity contribution in [3.63, 3.8) is 0 Å². The van der Waals surface area contributed by atoms with Gasteiger partial charge in [0.1, 0.15) is 5.82 Å². The standard InChI is InChI=1S/C17H16FNO4S/c18-13-4-2-1-3-12(13)14-5-6-15(24-14)17(22)19-7-8-23-11(10-19)9-16(20)21/h1-6,11H,7-10H2,(H,20,21). The zero-order valence-electron chi connectivity index (χ0n) is 12.8. The smallest absolute Gasteiger partial charge is 0.306 e. The zero-order chi connectivity index (χ0) is 17.1. The maximum atomic E-state index is 13.9. The van der Waals surface area contributed by atoms with Crippen molar-refractivity contribution in [2.45, 2.75) is 12.5 Å². The molecule has 0 spiro atoms. The third kappa shape index (κ3) is 3.63. The van der Waals surface area contributed by atoms with Crippen LogP contribution in [-0.4, -0.2) is 47.7 Å². The first kappa shape index (κ1) is 16.6. The minimum atomic E-state index is -0.952. The van der Waals surface area contributed by atoms with Crippen LogP contribution in [0.5, 0.6) is 0 Å². The Morgan fingerprint density at radius 3 is 2.83 bits per heavy atom. The molecule has 24 heavy (non-hydrogen) atoms. The van der Waals surface area contributed by atoms with E-state index in [1.807, 2.05) is 0 Å². The average molecular weight is 349 g/mol. The highest BCUT2D eigenvalue weighted by Gasteiger charge is 2.27. The van der Waals surface area contributed by atoms with Crippen molar-refractivity contribution in [3.8, 4) is 10.4 Å². The van der Waals surface area contributed by atoms with Crippen LogP contribution >= 0.6 is 11.3 Å². The van der Waals surface area contributed by atoms with Gasteiger partial charge in [-0.1, -0.05) is 18.2 Å². The molecule has 3 rings (SSSR count). The normalized spacial score (nSPS) is 17.7. The van der Waals surface area contributed by atoms with E-state index in [2.05, 4.69) is 0 Å². The molecule has 1 fully saturated rings. The number of ether oxygens (including phenoxy) is 1. The molecule has 126 valence electrons. The maximum Gasteiger partial charge on any atom is 0.306 e. The number of hydrogen-bond acceptors (Lipinski definition) is 4. The first-order valence-corrected chi connectivity index (χ1v) is 8.33. The van der Waals surface area contributed by atoms with Crippen molar-refractivity contribution < 1.29 is 23.8 Å². The van der Waals surface area contributed by atoms with Crippen LogP contribution < -0.4 is 0 Å². The molecule has 2 heterocycles. The number of thiophene rings is 1. The van der Waals surface area contributed by atoms with E-state index in [1.54, 1.807) is 35.2 Å². The van der Waals surface area contributed by atoms with Crippen molar-refractivity contribution in [3.05, 3.63) is 47.1 Å². The van der Waals surface area contributed by atoms with Crippen LogP contribution in [0, 0.1) is 5.82 Å². The summed E-state index contributed by atoms with van der Waals surface area (Å²) in [6, 6.07) is 9.83. The van der Waals surface area contributed by atoms with Crippen molar-refractivity contribution in [1.29, 1.82) is 0 Å². The summed E-state index contributed by atoms with van der Waals surface area (Å²) in [5.74, 6) is -1.46. The Morgan fingerprint density at radius 1 is 1.29 bits per heavy atom. The van der Waals surface area contributed by atoms with Crippen LogP contribution in [0.25, 0.3) is 10.4 Å². The van der Waals surface area contributed by atoms with E-state index in [0.717, 1.165) is 0 Å². The topological polar surface area (TPSA) is 66.8 Å². The van der Waals surface area contributed by atoms with Crippen LogP contribution in [0.4, 0.5) is 4.39 Å². The van der Waals surface area contributed by atoms with Gasteiger partial charge in [-0.05, 0) is 18.2 Å². The molecule has 7 heteroatoms. The van der Waals surface area contributed by atoms with Gasteiger partial charge in [-0.25, -0.2) is 4.39 Å². The number of carbonyl (C=O) groups is 2. The van der Waals surface area contributed by atoms with Gasteiger partial charge in [0.2, 0.25) is 0 Å². The molecule has 1 N–H and O–H groups in total. The van der Waals surface area contributed by atoms with Crippen molar-refractivity contribution in [2.75, 3.05) is 19.7 Å². The number of aliphatic carboxylic acids is 1. The van der Waals surface area contributed by atoms with Gasteiger partial charge in [-0.15, -0.1) is 11.3 Å². The fraction of sp³-hybridized carbons (Fsp3) is 0.294. The Balaban J connectivity index is 1.74. The SMILES string of the molecule is O=C(O)CC1CN(C(=O)c2ccc(-c3ccccc3F)s2)CCO1. The molecule has 1 amide bonds. The number of carboxylic acid groups (broad SMARTS) is 1. The fourth-order valence-corrected chi connectivity index (χ4v) is 3.64. The lowest BCUT2D eigenvalue weighted by Gasteiger charge is -2.32. The quantitative estimate of drug-likeness (QED) is 0.922. The molecule has 1 aliphatic rings. The van der Waals surface area contributed by atoms with E-state index in [9.17, 15) is 14.0 Å². The van der Waals surface area contributed by atoms with Gasteiger partial charge in [-0.2, -0.15) is 0 Å². The van der Waals surface area contributed by atoms with Crippen LogP contribution in [-0.2, 0) is 9.53 Å². The Bertz CT molecular complexity index is 761. The highest BCUT2D eigenvalue weighted by atomic mass is 32.1. The summed E-state index contributed by atoms with van der Waals surface area (Å²) < 4.78 is 19.2. The second kappa shape index (κ2) is 7.11. The molecule has 2 aromatic rings. The fourth-order valence-electron chi connectivity index (χ4n) is 2.64. The van der Waals surface area contributed by atoms with Crippen molar-refractivity contribution in [1.82, 2.24) is 4.90 Å². The number of benzene rings is 1. The van der Waals surface area contributed by atoms with Crippen molar-refractivity contribution in [2.24, 2.45) is 0 Å². The van der Waals surface area contributed by atoms with Crippen molar-refractivity contribution >= 4 is 23.2 Å². The van der Waals surface area contributed by atoms with Crippen LogP contribution in [0.1, 0.15) is 16.1 Å². The summed E-state index contributed by atoms with van der Waals surface area (Å²) in [5, 5.41) is 8.85. The predicted molar refractivity (Wildman–Crippen MR) is 87.6 cm³/mol. The van der Waals surface area contributed by atoms with E-state index in [4.69, 9.17) is 9.84 Å². The summed E-state index contributed by atoms with van der Waals surface area (Å²) in [7, 11) is 0. The monoisotopic (exact) mass is 349 g/mol. The minimum absolute atomic E-state index is 0.130. The molecule has 0 bridgehead atoms. The third-order valence-corrected chi connectivity index (χ3v) is 4.89. The van der Waals surface area contributed by atoms with E-state index < -0.39 is 12.1 Å². The second-order valence-electron chi connectivity index (χ2n) is 5.49. The lowest BCUT2D eigenvalue weighted by Crippen LogP contribution is -2.46. The minimum Gasteiger partial charge on any atom is -0.481 e. The molecule has 0 aliphatic carbocycles. The second-order valence-corrected chi connectivity index (χ2v) is 6.57. The van der Waals surface area contributed by atoms with Gasteiger partial charge in [-0.3, -0.25) is 9.59 Å². The molecule has 1 unspecified atom stereocenters. The molecule has 1 aromatic carbocycles. The number of morpholine rings is 1. The molecule has 1 aliphatic heterocycles. The van der Waals surface area contributed by atoms with Gasteiger partial charge in [0, 0.05) is 23.5 Å². The number of hydrogen-bond donors (Lipinski definition) is 1. The Morgan fingerprint density at radius 2 is 2.08 bits per heavy atom. The molecule has 0 radical (unpaired) electrons. The van der Waals surface area contributed by atoms with Crippen LogP contribution in [0.3, 0.4) is 0 Å². The van der Waals surface area contributed by atoms with E-state index in [-0.39, 0.29) is 24.7 Å². The zero-order valence-corrected chi connectivity index (χ0v) is 13.6. The lowest BCUT2D eigenvalue weighted by molar-refractivity contribution is -0.141. The largest absolute Gasteiger partial charge is 0.481 e. The Labute approximate surface area is 142 Å². The van der Waals surface area contributed by atoms with Crippen LogP contribution in [0.2, 0.25) is 0 Å². The van der Waals surface area contributed by atoms with Gasteiger partial charge in [0.15, 0.2) is 0 Å². The summed E-state index contributed by atoms with van der Waals surface area (Å²) >= 11 is 1.23. The van der Waals surface area contributed by atoms with E-state index in [0.29, 0.717) is 28.5 Å². The van der Waals surface area contributed by atoms with E-state index in [1.165, 1.54) is 17.4 Å². The third-order valence-electron chi connectivity index (χ3n) is 3.78. The molecular weight excluding hydrogens is 333 g/mol. The van der Waals surface area contributed by atoms with E-state index >= 15 is 0 Å². The molecule has 1 atom stereocenters. The lowest BCUT2D eigenvalue weighted by atomic mass is 10.2. The van der Waals surface area contributed by atoms with Crippen LogP contribution in [0.15, 0.2) is 36.4 Å². The number of rotatable bonds is 4. The maximum absolute atomic E-state index is 13.9. The average Bonchev–Trinajstić information content (AvgIpc) is 3.04. The summed E-state index contributed by atoms with van der Waals surface area (Å²) in [5.41, 5.74) is 0.465. The molecule has 1 aromatic heterocycles. The predicted octanol–water partition coefficient (Wildman–Crippen LogP) is 2.87. The Hall–Kier alpha value is -2.25. The van der Waals surface area contributed by atoms with Gasteiger partial charge >= 0.3 is 5.97 Å².